The van der Waals surface area contributed by atoms with Crippen molar-refractivity contribution in [2.45, 2.75) is 57.3 Å². The van der Waals surface area contributed by atoms with E-state index in [-0.39, 0.29) is 12.8 Å². The average molecular weight is 312 g/mol. The molecule has 3 rings (SSSR count). The third kappa shape index (κ3) is 3.83. The Morgan fingerprint density at radius 3 is 1.29 bits per heavy atom. The Kier molecular flexibility index (Phi) is 4.73. The summed E-state index contributed by atoms with van der Waals surface area (Å²) < 4.78 is 79.4. The summed E-state index contributed by atoms with van der Waals surface area (Å²) in [7, 11) is 0. The summed E-state index contributed by atoms with van der Waals surface area (Å²) >= 11 is 0. The predicted molar refractivity (Wildman–Crippen MR) is 67.6 cm³/mol. The molecule has 0 aromatic heterocycles. The van der Waals surface area contributed by atoms with E-state index in [1.165, 1.54) is 12.2 Å². The molecule has 3 aliphatic carbocycles. The first-order chi connectivity index (χ1) is 9.71. The summed E-state index contributed by atoms with van der Waals surface area (Å²) in [4.78, 5) is 0. The summed E-state index contributed by atoms with van der Waals surface area (Å²) in [6.45, 7) is 0. The highest BCUT2D eigenvalue weighted by Gasteiger charge is 2.50. The first-order valence-corrected chi connectivity index (χ1v) is 7.28. The van der Waals surface area contributed by atoms with Crippen LogP contribution < -0.4 is 0 Å². The highest BCUT2D eigenvalue weighted by Crippen LogP contribution is 2.49. The van der Waals surface area contributed by atoms with Crippen molar-refractivity contribution in [2.75, 3.05) is 0 Å². The van der Waals surface area contributed by atoms with Crippen LogP contribution in [0.1, 0.15) is 44.9 Å². The Labute approximate surface area is 119 Å². The molecule has 0 saturated carbocycles. The summed E-state index contributed by atoms with van der Waals surface area (Å²) in [5.41, 5.74) is -2.71. The van der Waals surface area contributed by atoms with E-state index in [1.54, 1.807) is 0 Å². The van der Waals surface area contributed by atoms with E-state index >= 15 is 0 Å². The fraction of sp³-hybridized carbons (Fsp3) is 0.733. The minimum atomic E-state index is -4.92. The van der Waals surface area contributed by atoms with Crippen LogP contribution >= 0.6 is 0 Å². The van der Waals surface area contributed by atoms with Crippen LogP contribution in [0.25, 0.3) is 0 Å². The second-order valence-corrected chi connectivity index (χ2v) is 5.77. The molecular weight excluding hydrogens is 294 g/mol. The maximum atomic E-state index is 13.2. The second-order valence-electron chi connectivity index (χ2n) is 5.77. The number of halogens is 6. The maximum Gasteiger partial charge on any atom is 0.413 e. The third-order valence-corrected chi connectivity index (χ3v) is 4.25. The summed E-state index contributed by atoms with van der Waals surface area (Å²) in [5.74, 6) is -2.31. The first kappa shape index (κ1) is 16.4. The van der Waals surface area contributed by atoms with Crippen molar-refractivity contribution in [3.8, 4) is 0 Å². The molecule has 0 heterocycles. The number of rotatable bonds is 0. The molecule has 2 atom stereocenters. The lowest BCUT2D eigenvalue weighted by Crippen LogP contribution is -2.32. The molecule has 0 aromatic carbocycles. The van der Waals surface area contributed by atoms with Gasteiger partial charge in [-0.2, -0.15) is 26.3 Å². The van der Waals surface area contributed by atoms with E-state index in [1.807, 2.05) is 0 Å². The van der Waals surface area contributed by atoms with Crippen LogP contribution in [0.4, 0.5) is 26.3 Å². The Balaban J connectivity index is 2.50. The molecule has 6 heteroatoms. The molecule has 0 saturated heterocycles. The molecule has 0 spiro atoms. The molecule has 2 bridgehead atoms. The van der Waals surface area contributed by atoms with E-state index in [0.717, 1.165) is 19.3 Å². The quantitative estimate of drug-likeness (QED) is 0.383. The first-order valence-electron chi connectivity index (χ1n) is 7.28. The fourth-order valence-electron chi connectivity index (χ4n) is 3.33. The summed E-state index contributed by atoms with van der Waals surface area (Å²) in [5, 5.41) is 0. The van der Waals surface area contributed by atoms with Gasteiger partial charge in [-0.1, -0.05) is 44.3 Å². The largest absolute Gasteiger partial charge is 0.413 e. The van der Waals surface area contributed by atoms with E-state index < -0.39 is 35.3 Å². The van der Waals surface area contributed by atoms with E-state index in [2.05, 4.69) is 0 Å². The minimum absolute atomic E-state index is 0.137. The van der Waals surface area contributed by atoms with Crippen molar-refractivity contribution in [1.82, 2.24) is 0 Å². The number of hydrogen-bond donors (Lipinski definition) is 0. The standard InChI is InChI=1S/C15H18F6/c16-14(17,18)12-10-6-4-2-1-3-5-7-11(9-8-10)13(12)15(19,20)21/h8-11H,1-7H2. The van der Waals surface area contributed by atoms with Gasteiger partial charge in [0.15, 0.2) is 0 Å². The zero-order valence-electron chi connectivity index (χ0n) is 11.5. The Hall–Kier alpha value is -0.940. The van der Waals surface area contributed by atoms with Gasteiger partial charge in [0.05, 0.1) is 0 Å². The molecule has 3 aliphatic rings. The van der Waals surface area contributed by atoms with Gasteiger partial charge < -0.3 is 0 Å². The lowest BCUT2D eigenvalue weighted by Gasteiger charge is -2.32. The average Bonchev–Trinajstić information content (AvgIpc) is 2.42. The van der Waals surface area contributed by atoms with Gasteiger partial charge in [-0.15, -0.1) is 0 Å². The van der Waals surface area contributed by atoms with E-state index in [0.29, 0.717) is 12.8 Å². The van der Waals surface area contributed by atoms with Crippen molar-refractivity contribution in [1.29, 1.82) is 0 Å². The van der Waals surface area contributed by atoms with Crippen LogP contribution in [0.5, 0.6) is 0 Å². The van der Waals surface area contributed by atoms with Crippen LogP contribution in [-0.4, -0.2) is 12.4 Å². The van der Waals surface area contributed by atoms with Gasteiger partial charge in [0.2, 0.25) is 0 Å². The topological polar surface area (TPSA) is 0 Å². The molecule has 0 N–H and O–H groups in total. The molecule has 0 amide bonds. The molecular formula is C15H18F6. The van der Waals surface area contributed by atoms with Crippen molar-refractivity contribution in [2.24, 2.45) is 11.8 Å². The molecule has 0 aliphatic heterocycles. The number of allylic oxidation sites excluding steroid dienone is 4. The SMILES string of the molecule is FC(F)(F)C1=C(C(F)(F)F)C2C=CC1CCCCCCC2. The van der Waals surface area contributed by atoms with Gasteiger partial charge in [-0.25, -0.2) is 0 Å². The lowest BCUT2D eigenvalue weighted by atomic mass is 9.77. The number of fused-ring (bicyclic) bond motifs is 6. The van der Waals surface area contributed by atoms with Crippen LogP contribution in [0, 0.1) is 11.8 Å². The molecule has 120 valence electrons. The van der Waals surface area contributed by atoms with Gasteiger partial charge in [0.25, 0.3) is 0 Å². The Bertz CT molecular complexity index is 388. The number of alkyl halides is 6. The normalized spacial score (nSPS) is 28.7. The van der Waals surface area contributed by atoms with Crippen LogP contribution in [-0.2, 0) is 0 Å². The molecule has 0 fully saturated rings. The third-order valence-electron chi connectivity index (χ3n) is 4.25. The Morgan fingerprint density at radius 2 is 0.952 bits per heavy atom. The van der Waals surface area contributed by atoms with Gasteiger partial charge in [0, 0.05) is 23.0 Å². The molecule has 2 unspecified atom stereocenters. The Morgan fingerprint density at radius 1 is 0.619 bits per heavy atom. The van der Waals surface area contributed by atoms with Crippen molar-refractivity contribution in [3.63, 3.8) is 0 Å². The molecule has 0 radical (unpaired) electrons. The second kappa shape index (κ2) is 6.05. The summed E-state index contributed by atoms with van der Waals surface area (Å²) in [6, 6.07) is 0. The van der Waals surface area contributed by atoms with Gasteiger partial charge >= 0.3 is 12.4 Å². The molecule has 21 heavy (non-hydrogen) atoms. The fourth-order valence-corrected chi connectivity index (χ4v) is 3.33. The lowest BCUT2D eigenvalue weighted by molar-refractivity contribution is -0.124. The van der Waals surface area contributed by atoms with Crippen LogP contribution in [0.2, 0.25) is 0 Å². The molecule has 0 nitrogen and oxygen atoms in total. The van der Waals surface area contributed by atoms with E-state index in [9.17, 15) is 26.3 Å². The summed E-state index contributed by atoms with van der Waals surface area (Å²) in [6.07, 6.45) is -3.39. The zero-order valence-corrected chi connectivity index (χ0v) is 11.5. The van der Waals surface area contributed by atoms with Crippen LogP contribution in [0.3, 0.4) is 0 Å². The molecule has 0 aromatic rings. The number of hydrogen-bond acceptors (Lipinski definition) is 0. The van der Waals surface area contributed by atoms with Crippen molar-refractivity contribution >= 4 is 0 Å². The van der Waals surface area contributed by atoms with Gasteiger partial charge in [-0.05, 0) is 12.8 Å². The van der Waals surface area contributed by atoms with Crippen molar-refractivity contribution < 1.29 is 26.3 Å². The minimum Gasteiger partial charge on any atom is -0.166 e. The smallest absolute Gasteiger partial charge is 0.166 e. The zero-order chi connectivity index (χ0) is 15.7. The van der Waals surface area contributed by atoms with Crippen molar-refractivity contribution in [3.05, 3.63) is 23.3 Å². The maximum absolute atomic E-state index is 13.2. The monoisotopic (exact) mass is 312 g/mol. The van der Waals surface area contributed by atoms with Gasteiger partial charge in [0.1, 0.15) is 0 Å². The van der Waals surface area contributed by atoms with E-state index in [4.69, 9.17) is 0 Å². The van der Waals surface area contributed by atoms with Gasteiger partial charge in [-0.3, -0.25) is 0 Å². The van der Waals surface area contributed by atoms with Crippen LogP contribution in [0.15, 0.2) is 23.3 Å². The highest BCUT2D eigenvalue weighted by atomic mass is 19.4. The highest BCUT2D eigenvalue weighted by molar-refractivity contribution is 5.36. The predicted octanol–water partition coefficient (Wildman–Crippen LogP) is 5.95.